The van der Waals surface area contributed by atoms with Crippen molar-refractivity contribution in [2.75, 3.05) is 40.1 Å². The SMILES string of the molecule is CCNC(=NCc1cc2c(cc1OC(F)F)OCO2)NCC(=O)NCCOC. The Morgan fingerprint density at radius 3 is 2.68 bits per heavy atom. The minimum absolute atomic E-state index is 0.00290. The second-order valence-corrected chi connectivity index (χ2v) is 5.58. The molecule has 0 radical (unpaired) electrons. The summed E-state index contributed by atoms with van der Waals surface area (Å²) in [5.41, 5.74) is 0.395. The number of aliphatic imine (C=N–C) groups is 1. The molecule has 0 fully saturated rings. The maximum Gasteiger partial charge on any atom is 0.387 e. The van der Waals surface area contributed by atoms with Crippen molar-refractivity contribution in [1.82, 2.24) is 16.0 Å². The molecule has 156 valence electrons. The van der Waals surface area contributed by atoms with Gasteiger partial charge in [0.2, 0.25) is 12.7 Å². The Hall–Kier alpha value is -2.82. The number of fused-ring (bicyclic) bond motifs is 1. The quantitative estimate of drug-likeness (QED) is 0.303. The molecular weight excluding hydrogens is 378 g/mol. The van der Waals surface area contributed by atoms with Crippen LogP contribution in [0.25, 0.3) is 0 Å². The van der Waals surface area contributed by atoms with Crippen molar-refractivity contribution in [3.8, 4) is 17.2 Å². The number of alkyl halides is 2. The molecule has 1 aliphatic rings. The molecule has 0 aromatic heterocycles. The van der Waals surface area contributed by atoms with E-state index in [0.717, 1.165) is 0 Å². The van der Waals surface area contributed by atoms with Crippen molar-refractivity contribution in [2.24, 2.45) is 4.99 Å². The summed E-state index contributed by atoms with van der Waals surface area (Å²) in [6, 6.07) is 2.90. The number of hydrogen-bond donors (Lipinski definition) is 3. The van der Waals surface area contributed by atoms with Crippen LogP contribution in [0.2, 0.25) is 0 Å². The number of amides is 1. The zero-order valence-corrected chi connectivity index (χ0v) is 15.7. The molecule has 0 saturated heterocycles. The van der Waals surface area contributed by atoms with Crippen LogP contribution in [0.15, 0.2) is 17.1 Å². The summed E-state index contributed by atoms with van der Waals surface area (Å²) >= 11 is 0. The number of nitrogens with zero attached hydrogens (tertiary/aromatic N) is 1. The van der Waals surface area contributed by atoms with Gasteiger partial charge >= 0.3 is 6.61 Å². The van der Waals surface area contributed by atoms with Crippen molar-refractivity contribution in [1.29, 1.82) is 0 Å². The minimum Gasteiger partial charge on any atom is -0.454 e. The van der Waals surface area contributed by atoms with Gasteiger partial charge in [-0.3, -0.25) is 4.79 Å². The molecule has 1 aliphatic heterocycles. The van der Waals surface area contributed by atoms with Crippen LogP contribution >= 0.6 is 0 Å². The van der Waals surface area contributed by atoms with Gasteiger partial charge in [0.05, 0.1) is 19.7 Å². The number of guanidine groups is 1. The van der Waals surface area contributed by atoms with Crippen molar-refractivity contribution in [2.45, 2.75) is 20.1 Å². The van der Waals surface area contributed by atoms with Crippen molar-refractivity contribution < 1.29 is 32.5 Å². The van der Waals surface area contributed by atoms with Gasteiger partial charge in [-0.25, -0.2) is 4.99 Å². The average Bonchev–Trinajstić information content (AvgIpc) is 3.10. The maximum atomic E-state index is 12.7. The first-order chi connectivity index (χ1) is 13.5. The zero-order chi connectivity index (χ0) is 20.4. The number of carbonyl (C=O) groups excluding carboxylic acids is 1. The lowest BCUT2D eigenvalue weighted by atomic mass is 10.1. The molecule has 1 heterocycles. The normalized spacial score (nSPS) is 12.8. The molecule has 9 nitrogen and oxygen atoms in total. The molecule has 11 heteroatoms. The van der Waals surface area contributed by atoms with Gasteiger partial charge in [-0.15, -0.1) is 0 Å². The molecular formula is C17H24F2N4O5. The topological polar surface area (TPSA) is 102 Å². The number of rotatable bonds is 10. The highest BCUT2D eigenvalue weighted by molar-refractivity contribution is 5.86. The fourth-order valence-electron chi connectivity index (χ4n) is 2.32. The molecule has 1 aromatic carbocycles. The third kappa shape index (κ3) is 6.72. The van der Waals surface area contributed by atoms with Crippen LogP contribution in [0.3, 0.4) is 0 Å². The van der Waals surface area contributed by atoms with Crippen LogP contribution in [0.1, 0.15) is 12.5 Å². The van der Waals surface area contributed by atoms with Gasteiger partial charge in [-0.05, 0) is 13.0 Å². The highest BCUT2D eigenvalue weighted by atomic mass is 19.3. The summed E-state index contributed by atoms with van der Waals surface area (Å²) in [7, 11) is 1.54. The van der Waals surface area contributed by atoms with E-state index in [-0.39, 0.29) is 31.5 Å². The first kappa shape index (κ1) is 21.5. The third-order valence-electron chi connectivity index (χ3n) is 3.57. The van der Waals surface area contributed by atoms with Gasteiger partial charge < -0.3 is 34.9 Å². The van der Waals surface area contributed by atoms with Crippen molar-refractivity contribution >= 4 is 11.9 Å². The van der Waals surface area contributed by atoms with Crippen molar-refractivity contribution in [3.05, 3.63) is 17.7 Å². The lowest BCUT2D eigenvalue weighted by molar-refractivity contribution is -0.120. The van der Waals surface area contributed by atoms with Gasteiger partial charge in [-0.1, -0.05) is 0 Å². The van der Waals surface area contributed by atoms with E-state index in [0.29, 0.717) is 42.7 Å². The zero-order valence-electron chi connectivity index (χ0n) is 15.7. The summed E-state index contributed by atoms with van der Waals surface area (Å²) in [6.07, 6.45) is 0. The second-order valence-electron chi connectivity index (χ2n) is 5.58. The summed E-state index contributed by atoms with van der Waals surface area (Å²) in [5, 5.41) is 8.52. The monoisotopic (exact) mass is 402 g/mol. The number of benzene rings is 1. The predicted molar refractivity (Wildman–Crippen MR) is 96.9 cm³/mol. The van der Waals surface area contributed by atoms with Crippen LogP contribution in [0, 0.1) is 0 Å². The summed E-state index contributed by atoms with van der Waals surface area (Å²) < 4.78 is 45.3. The molecule has 0 unspecified atom stereocenters. The summed E-state index contributed by atoms with van der Waals surface area (Å²) in [4.78, 5) is 16.1. The Kier molecular flexibility index (Phi) is 8.53. The van der Waals surface area contributed by atoms with Crippen LogP contribution in [-0.4, -0.2) is 58.6 Å². The van der Waals surface area contributed by atoms with Crippen LogP contribution < -0.4 is 30.2 Å². The molecule has 2 rings (SSSR count). The molecule has 1 amide bonds. The number of ether oxygens (including phenoxy) is 4. The van der Waals surface area contributed by atoms with Gasteiger partial charge in [0.1, 0.15) is 5.75 Å². The lowest BCUT2D eigenvalue weighted by Crippen LogP contribution is -2.43. The number of halogens is 2. The Morgan fingerprint density at radius 1 is 1.25 bits per heavy atom. The van der Waals surface area contributed by atoms with Crippen LogP contribution in [0.4, 0.5) is 8.78 Å². The van der Waals surface area contributed by atoms with E-state index in [1.54, 1.807) is 13.2 Å². The predicted octanol–water partition coefficient (Wildman–Crippen LogP) is 0.834. The number of carbonyl (C=O) groups is 1. The molecule has 0 atom stereocenters. The Balaban J connectivity index is 2.04. The lowest BCUT2D eigenvalue weighted by Gasteiger charge is -2.13. The fraction of sp³-hybridized carbons (Fsp3) is 0.529. The third-order valence-corrected chi connectivity index (χ3v) is 3.57. The van der Waals surface area contributed by atoms with E-state index in [1.165, 1.54) is 6.07 Å². The van der Waals surface area contributed by atoms with E-state index in [2.05, 4.69) is 25.7 Å². The maximum absolute atomic E-state index is 12.7. The molecule has 1 aromatic rings. The molecule has 0 spiro atoms. The Bertz CT molecular complexity index is 688. The van der Waals surface area contributed by atoms with E-state index in [9.17, 15) is 13.6 Å². The Labute approximate surface area is 161 Å². The largest absolute Gasteiger partial charge is 0.454 e. The molecule has 3 N–H and O–H groups in total. The standard InChI is InChI=1S/C17H24F2N4O5/c1-3-20-17(23-9-15(24)21-4-5-25-2)22-8-11-6-13-14(27-10-26-13)7-12(11)28-16(18)19/h6-7,16H,3-5,8-10H2,1-2H3,(H,21,24)(H2,20,22,23). The van der Waals surface area contributed by atoms with Gasteiger partial charge in [-0.2, -0.15) is 8.78 Å². The summed E-state index contributed by atoms with van der Waals surface area (Å²) in [5.74, 6) is 0.845. The molecule has 0 aliphatic carbocycles. The first-order valence-electron chi connectivity index (χ1n) is 8.68. The van der Waals surface area contributed by atoms with Crippen molar-refractivity contribution in [3.63, 3.8) is 0 Å². The van der Waals surface area contributed by atoms with Gasteiger partial charge in [0.15, 0.2) is 17.5 Å². The summed E-state index contributed by atoms with van der Waals surface area (Å²) in [6.45, 7) is 0.285. The highest BCUT2D eigenvalue weighted by Gasteiger charge is 2.20. The Morgan fingerprint density at radius 2 is 2.00 bits per heavy atom. The smallest absolute Gasteiger partial charge is 0.387 e. The van der Waals surface area contributed by atoms with Gasteiger partial charge in [0.25, 0.3) is 0 Å². The van der Waals surface area contributed by atoms with Crippen LogP contribution in [-0.2, 0) is 16.1 Å². The first-order valence-corrected chi connectivity index (χ1v) is 8.68. The number of hydrogen-bond acceptors (Lipinski definition) is 6. The van der Waals surface area contributed by atoms with E-state index in [4.69, 9.17) is 14.2 Å². The molecule has 28 heavy (non-hydrogen) atoms. The fourth-order valence-corrected chi connectivity index (χ4v) is 2.32. The van der Waals surface area contributed by atoms with E-state index < -0.39 is 6.61 Å². The second kappa shape index (κ2) is 11.1. The highest BCUT2D eigenvalue weighted by Crippen LogP contribution is 2.38. The van der Waals surface area contributed by atoms with E-state index in [1.807, 2.05) is 6.92 Å². The number of methoxy groups -OCH3 is 1. The van der Waals surface area contributed by atoms with E-state index >= 15 is 0 Å². The average molecular weight is 402 g/mol. The van der Waals surface area contributed by atoms with Crippen LogP contribution in [0.5, 0.6) is 17.2 Å². The molecule has 0 bridgehead atoms. The van der Waals surface area contributed by atoms with Gasteiger partial charge in [0, 0.05) is 31.8 Å². The number of nitrogens with one attached hydrogen (secondary N) is 3. The molecule has 0 saturated carbocycles. The minimum atomic E-state index is -2.98.